The number of hydrogen-bond donors (Lipinski definition) is 2. The van der Waals surface area contributed by atoms with Crippen LogP contribution in [0.2, 0.25) is 0 Å². The Morgan fingerprint density at radius 3 is 2.87 bits per heavy atom. The van der Waals surface area contributed by atoms with Gasteiger partial charge in [0.25, 0.3) is 0 Å². The molecule has 0 heterocycles. The highest BCUT2D eigenvalue weighted by molar-refractivity contribution is 5.72. The zero-order chi connectivity index (χ0) is 11.1. The molecular weight excluding hydrogens is 186 g/mol. The van der Waals surface area contributed by atoms with E-state index in [1.165, 1.54) is 12.8 Å². The summed E-state index contributed by atoms with van der Waals surface area (Å²) in [7, 11) is 0. The van der Waals surface area contributed by atoms with Crippen LogP contribution in [0.5, 0.6) is 0 Å². The zero-order valence-corrected chi connectivity index (χ0v) is 9.09. The average Bonchev–Trinajstić information content (AvgIpc) is 2.26. The molecular formula is C12H17N3. The van der Waals surface area contributed by atoms with Crippen molar-refractivity contribution in [3.05, 3.63) is 23.8 Å². The van der Waals surface area contributed by atoms with Gasteiger partial charge in [0, 0.05) is 6.54 Å². The van der Waals surface area contributed by atoms with Crippen molar-refractivity contribution in [2.75, 3.05) is 17.6 Å². The van der Waals surface area contributed by atoms with E-state index in [1.54, 1.807) is 6.07 Å². The topological polar surface area (TPSA) is 61.8 Å². The SMILES string of the molecule is CCCCCNc1cccc(C#N)c1N. The fourth-order valence-corrected chi connectivity index (χ4v) is 1.41. The fourth-order valence-electron chi connectivity index (χ4n) is 1.41. The molecule has 0 unspecified atom stereocenters. The van der Waals surface area contributed by atoms with Crippen LogP contribution in [0.25, 0.3) is 0 Å². The van der Waals surface area contributed by atoms with Crippen molar-refractivity contribution in [1.29, 1.82) is 5.26 Å². The lowest BCUT2D eigenvalue weighted by Crippen LogP contribution is -2.05. The van der Waals surface area contributed by atoms with Gasteiger partial charge < -0.3 is 11.1 Å². The normalized spacial score (nSPS) is 9.60. The van der Waals surface area contributed by atoms with E-state index in [4.69, 9.17) is 11.0 Å². The molecule has 80 valence electrons. The third kappa shape index (κ3) is 3.17. The second kappa shape index (κ2) is 5.92. The smallest absolute Gasteiger partial charge is 0.101 e. The first kappa shape index (κ1) is 11.4. The van der Waals surface area contributed by atoms with Crippen LogP contribution < -0.4 is 11.1 Å². The summed E-state index contributed by atoms with van der Waals surface area (Å²) in [6.07, 6.45) is 3.55. The van der Waals surface area contributed by atoms with Gasteiger partial charge in [-0.2, -0.15) is 5.26 Å². The van der Waals surface area contributed by atoms with Crippen molar-refractivity contribution >= 4 is 11.4 Å². The molecule has 3 nitrogen and oxygen atoms in total. The molecule has 1 aromatic rings. The molecule has 0 saturated heterocycles. The number of nitrogens with two attached hydrogens (primary N) is 1. The Kier molecular flexibility index (Phi) is 4.49. The van der Waals surface area contributed by atoms with E-state index in [0.717, 1.165) is 18.7 Å². The Balaban J connectivity index is 2.58. The lowest BCUT2D eigenvalue weighted by Gasteiger charge is -2.09. The summed E-state index contributed by atoms with van der Waals surface area (Å²) in [6, 6.07) is 7.55. The highest BCUT2D eigenvalue weighted by Crippen LogP contribution is 2.21. The van der Waals surface area contributed by atoms with Gasteiger partial charge in [0.2, 0.25) is 0 Å². The summed E-state index contributed by atoms with van der Waals surface area (Å²) < 4.78 is 0. The number of unbranched alkanes of at least 4 members (excludes halogenated alkanes) is 2. The van der Waals surface area contributed by atoms with E-state index in [-0.39, 0.29) is 0 Å². The minimum absolute atomic E-state index is 0.537. The van der Waals surface area contributed by atoms with Gasteiger partial charge in [-0.25, -0.2) is 0 Å². The van der Waals surface area contributed by atoms with Crippen molar-refractivity contribution in [3.8, 4) is 6.07 Å². The maximum Gasteiger partial charge on any atom is 0.101 e. The molecule has 15 heavy (non-hydrogen) atoms. The van der Waals surface area contributed by atoms with E-state index in [2.05, 4.69) is 18.3 Å². The van der Waals surface area contributed by atoms with Crippen molar-refractivity contribution in [2.24, 2.45) is 0 Å². The third-order valence-electron chi connectivity index (χ3n) is 2.32. The van der Waals surface area contributed by atoms with E-state index in [0.29, 0.717) is 11.3 Å². The molecule has 0 fully saturated rings. The average molecular weight is 203 g/mol. The van der Waals surface area contributed by atoms with E-state index in [1.807, 2.05) is 12.1 Å². The highest BCUT2D eigenvalue weighted by Gasteiger charge is 2.02. The molecule has 0 spiro atoms. The number of hydrogen-bond acceptors (Lipinski definition) is 3. The van der Waals surface area contributed by atoms with Gasteiger partial charge in [-0.1, -0.05) is 25.8 Å². The Bertz CT molecular complexity index is 352. The second-order valence-corrected chi connectivity index (χ2v) is 3.51. The number of benzene rings is 1. The van der Waals surface area contributed by atoms with Gasteiger partial charge in [-0.15, -0.1) is 0 Å². The highest BCUT2D eigenvalue weighted by atomic mass is 14.9. The Labute approximate surface area is 90.9 Å². The van der Waals surface area contributed by atoms with Gasteiger partial charge in [0.15, 0.2) is 0 Å². The number of para-hydroxylation sites is 1. The summed E-state index contributed by atoms with van der Waals surface area (Å²) >= 11 is 0. The minimum atomic E-state index is 0.537. The predicted octanol–water partition coefficient (Wildman–Crippen LogP) is 2.74. The number of nitrogens with one attached hydrogen (secondary N) is 1. The maximum atomic E-state index is 8.79. The number of nitrogen functional groups attached to an aromatic ring is 1. The number of anilines is 2. The Morgan fingerprint density at radius 2 is 2.20 bits per heavy atom. The zero-order valence-electron chi connectivity index (χ0n) is 9.09. The van der Waals surface area contributed by atoms with E-state index in [9.17, 15) is 0 Å². The largest absolute Gasteiger partial charge is 0.396 e. The number of rotatable bonds is 5. The lowest BCUT2D eigenvalue weighted by molar-refractivity contribution is 0.744. The van der Waals surface area contributed by atoms with Gasteiger partial charge in [-0.05, 0) is 18.6 Å². The van der Waals surface area contributed by atoms with Crippen LogP contribution in [0.4, 0.5) is 11.4 Å². The Morgan fingerprint density at radius 1 is 1.40 bits per heavy atom. The number of nitriles is 1. The van der Waals surface area contributed by atoms with Crippen molar-refractivity contribution in [2.45, 2.75) is 26.2 Å². The molecule has 1 aromatic carbocycles. The molecule has 0 aliphatic heterocycles. The summed E-state index contributed by atoms with van der Waals surface area (Å²) in [5, 5.41) is 12.0. The summed E-state index contributed by atoms with van der Waals surface area (Å²) in [5.74, 6) is 0. The molecule has 1 rings (SSSR count). The summed E-state index contributed by atoms with van der Waals surface area (Å²) in [4.78, 5) is 0. The van der Waals surface area contributed by atoms with Crippen LogP contribution in [0, 0.1) is 11.3 Å². The van der Waals surface area contributed by atoms with Crippen LogP contribution in [0.3, 0.4) is 0 Å². The van der Waals surface area contributed by atoms with E-state index < -0.39 is 0 Å². The first-order valence-electron chi connectivity index (χ1n) is 5.32. The van der Waals surface area contributed by atoms with Crippen molar-refractivity contribution < 1.29 is 0 Å². The maximum absolute atomic E-state index is 8.79. The molecule has 0 saturated carbocycles. The van der Waals surface area contributed by atoms with Crippen LogP contribution in [0.1, 0.15) is 31.7 Å². The van der Waals surface area contributed by atoms with Gasteiger partial charge in [-0.3, -0.25) is 0 Å². The van der Waals surface area contributed by atoms with Gasteiger partial charge >= 0.3 is 0 Å². The van der Waals surface area contributed by atoms with Crippen LogP contribution >= 0.6 is 0 Å². The lowest BCUT2D eigenvalue weighted by atomic mass is 10.1. The van der Waals surface area contributed by atoms with Gasteiger partial charge in [0.05, 0.1) is 16.9 Å². The van der Waals surface area contributed by atoms with Crippen molar-refractivity contribution in [3.63, 3.8) is 0 Å². The monoisotopic (exact) mass is 203 g/mol. The minimum Gasteiger partial charge on any atom is -0.396 e. The summed E-state index contributed by atoms with van der Waals surface area (Å²) in [6.45, 7) is 3.08. The molecule has 0 radical (unpaired) electrons. The molecule has 3 N–H and O–H groups in total. The van der Waals surface area contributed by atoms with Crippen LogP contribution in [0.15, 0.2) is 18.2 Å². The van der Waals surface area contributed by atoms with Crippen molar-refractivity contribution in [1.82, 2.24) is 0 Å². The molecule has 0 atom stereocenters. The third-order valence-corrected chi connectivity index (χ3v) is 2.32. The van der Waals surface area contributed by atoms with Crippen LogP contribution in [-0.4, -0.2) is 6.54 Å². The predicted molar refractivity (Wildman–Crippen MR) is 63.6 cm³/mol. The van der Waals surface area contributed by atoms with Crippen LogP contribution in [-0.2, 0) is 0 Å². The summed E-state index contributed by atoms with van der Waals surface area (Å²) in [5.41, 5.74) is 7.78. The molecule has 3 heteroatoms. The standard InChI is InChI=1S/C12H17N3/c1-2-3-4-8-15-11-7-5-6-10(9-13)12(11)14/h5-7,15H,2-4,8,14H2,1H3. The Hall–Kier alpha value is -1.69. The molecule has 0 aromatic heterocycles. The molecule has 0 aliphatic carbocycles. The molecule has 0 amide bonds. The molecule has 0 bridgehead atoms. The van der Waals surface area contributed by atoms with E-state index >= 15 is 0 Å². The number of nitrogens with zero attached hydrogens (tertiary/aromatic N) is 1. The molecule has 0 aliphatic rings. The fraction of sp³-hybridized carbons (Fsp3) is 0.417. The second-order valence-electron chi connectivity index (χ2n) is 3.51. The quantitative estimate of drug-likeness (QED) is 0.571. The first-order chi connectivity index (χ1) is 7.29. The first-order valence-corrected chi connectivity index (χ1v) is 5.32. The van der Waals surface area contributed by atoms with Gasteiger partial charge in [0.1, 0.15) is 6.07 Å².